The summed E-state index contributed by atoms with van der Waals surface area (Å²) in [5.74, 6) is 0. The first-order valence-electron chi connectivity index (χ1n) is 20.7. The van der Waals surface area contributed by atoms with Gasteiger partial charge in [0.25, 0.3) is 0 Å². The third-order valence-corrected chi connectivity index (χ3v) is 10.3. The van der Waals surface area contributed by atoms with Crippen molar-refractivity contribution < 1.29 is 4.70 Å². The van der Waals surface area contributed by atoms with Gasteiger partial charge in [-0.2, -0.15) is 0 Å². The first-order valence-corrected chi connectivity index (χ1v) is 20.7. The first kappa shape index (κ1) is 40.0. The number of hydrogen-bond donors (Lipinski definition) is 0. The van der Waals surface area contributed by atoms with E-state index in [9.17, 15) is 5.53 Å². The highest BCUT2D eigenvalue weighted by molar-refractivity contribution is 5.82. The Balaban J connectivity index is 2.18. The van der Waals surface area contributed by atoms with Gasteiger partial charge in [-0.05, 0) is 124 Å². The molecule has 266 valence electrons. The van der Waals surface area contributed by atoms with Crippen LogP contribution in [0.1, 0.15) is 203 Å². The average molecular weight is 653 g/mol. The van der Waals surface area contributed by atoms with Crippen molar-refractivity contribution in [3.63, 3.8) is 0 Å². The average Bonchev–Trinajstić information content (AvgIpc) is 3.37. The monoisotopic (exact) mass is 653 g/mol. The molecule has 0 N–H and O–H groups in total. The maximum absolute atomic E-state index is 12.5. The van der Waals surface area contributed by atoms with Crippen LogP contribution in [0.25, 0.3) is 16.9 Å². The predicted molar refractivity (Wildman–Crippen MR) is 212 cm³/mol. The zero-order valence-corrected chi connectivity index (χ0v) is 32.3. The Kier molecular flexibility index (Phi) is 19.2. The van der Waals surface area contributed by atoms with Crippen LogP contribution in [-0.2, 0) is 25.7 Å². The molecule has 48 heavy (non-hydrogen) atoms. The molecule has 1 aliphatic heterocycles. The quantitative estimate of drug-likeness (QED) is 0.0714. The highest BCUT2D eigenvalue weighted by Crippen LogP contribution is 2.45. The zero-order chi connectivity index (χ0) is 34.6. The van der Waals surface area contributed by atoms with Gasteiger partial charge in [0.2, 0.25) is 11.4 Å². The number of allylic oxidation sites excluding steroid dienone is 2. The minimum Gasteiger partial charge on any atom is -0.493 e. The van der Waals surface area contributed by atoms with Crippen molar-refractivity contribution in [2.75, 3.05) is 0 Å². The van der Waals surface area contributed by atoms with Gasteiger partial charge in [0.1, 0.15) is 0 Å². The van der Waals surface area contributed by atoms with Crippen LogP contribution in [0.3, 0.4) is 0 Å². The van der Waals surface area contributed by atoms with Crippen molar-refractivity contribution in [2.45, 2.75) is 196 Å². The molecular weight excluding hydrogens is 581 g/mol. The minimum atomic E-state index is 1.03. The summed E-state index contributed by atoms with van der Waals surface area (Å²) in [4.78, 5) is 0. The fourth-order valence-electron chi connectivity index (χ4n) is 7.52. The van der Waals surface area contributed by atoms with Crippen molar-refractivity contribution in [2.24, 2.45) is 0 Å². The van der Waals surface area contributed by atoms with Crippen LogP contribution in [0.4, 0.5) is 0 Å². The lowest BCUT2D eigenvalue weighted by atomic mass is 9.89. The van der Waals surface area contributed by atoms with Crippen molar-refractivity contribution in [1.29, 1.82) is 0 Å². The van der Waals surface area contributed by atoms with E-state index in [0.717, 1.165) is 62.8 Å². The fraction of sp³-hybridized carbons (Fsp3) is 0.652. The molecule has 0 aromatic heterocycles. The molecule has 0 atom stereocenters. The molecule has 0 spiro atoms. The van der Waals surface area contributed by atoms with Gasteiger partial charge in [-0.25, -0.2) is 4.70 Å². The summed E-state index contributed by atoms with van der Waals surface area (Å²) >= 11 is 0. The number of rotatable bonds is 26. The highest BCUT2D eigenvalue weighted by Gasteiger charge is 2.35. The van der Waals surface area contributed by atoms with E-state index >= 15 is 0 Å². The Labute approximate surface area is 297 Å². The highest BCUT2D eigenvalue weighted by atomic mass is 15.2. The van der Waals surface area contributed by atoms with E-state index in [4.69, 9.17) is 0 Å². The molecule has 3 rings (SSSR count). The smallest absolute Gasteiger partial charge is 0.211 e. The summed E-state index contributed by atoms with van der Waals surface area (Å²) in [6.45, 7) is 13.8. The van der Waals surface area contributed by atoms with Crippen molar-refractivity contribution >= 4 is 11.4 Å². The molecular formula is C46H72N2. The molecule has 0 aliphatic carbocycles. The molecule has 1 aliphatic rings. The molecule has 0 unspecified atom stereocenters. The van der Waals surface area contributed by atoms with Crippen LogP contribution >= 0.6 is 0 Å². The summed E-state index contributed by atoms with van der Waals surface area (Å²) in [7, 11) is 0. The van der Waals surface area contributed by atoms with Crippen molar-refractivity contribution in [3.05, 3.63) is 86.5 Å². The third kappa shape index (κ3) is 12.4. The minimum absolute atomic E-state index is 1.03. The Hall–Kier alpha value is -2.48. The second kappa shape index (κ2) is 23.0. The van der Waals surface area contributed by atoms with Crippen molar-refractivity contribution in [1.82, 2.24) is 0 Å². The topological polar surface area (TPSA) is 25.3 Å². The number of hydrogen-bond acceptors (Lipinski definition) is 0. The van der Waals surface area contributed by atoms with E-state index in [0.29, 0.717) is 0 Å². The van der Waals surface area contributed by atoms with Gasteiger partial charge in [0.05, 0.1) is 0 Å². The zero-order valence-electron chi connectivity index (χ0n) is 32.3. The summed E-state index contributed by atoms with van der Waals surface area (Å²) < 4.78 is 1.67. The maximum atomic E-state index is 12.5. The van der Waals surface area contributed by atoms with Crippen LogP contribution < -0.4 is 0 Å². The predicted octanol–water partition coefficient (Wildman–Crippen LogP) is 14.9. The van der Waals surface area contributed by atoms with E-state index in [2.05, 4.69) is 77.9 Å². The molecule has 0 radical (unpaired) electrons. The van der Waals surface area contributed by atoms with Crippen LogP contribution in [0.15, 0.2) is 47.5 Å². The molecule has 0 amide bonds. The van der Waals surface area contributed by atoms with Gasteiger partial charge in [0, 0.05) is 22.3 Å². The van der Waals surface area contributed by atoms with Crippen molar-refractivity contribution in [3.8, 4) is 0 Å². The number of aryl methyl sites for hydroxylation is 4. The van der Waals surface area contributed by atoms with E-state index in [1.807, 2.05) is 0 Å². The maximum Gasteiger partial charge on any atom is 0.211 e. The molecule has 2 aromatic carbocycles. The van der Waals surface area contributed by atoms with Gasteiger partial charge in [-0.3, -0.25) is 0 Å². The summed E-state index contributed by atoms with van der Waals surface area (Å²) in [5.41, 5.74) is 25.7. The number of nitrogens with zero attached hydrogens (tertiary/aromatic N) is 2. The van der Waals surface area contributed by atoms with Crippen LogP contribution in [0, 0.1) is 0 Å². The fourth-order valence-corrected chi connectivity index (χ4v) is 7.52. The molecule has 0 saturated carbocycles. The van der Waals surface area contributed by atoms with E-state index < -0.39 is 0 Å². The van der Waals surface area contributed by atoms with Gasteiger partial charge in [-0.15, -0.1) is 0 Å². The molecule has 2 nitrogen and oxygen atoms in total. The Morgan fingerprint density at radius 1 is 0.354 bits per heavy atom. The summed E-state index contributed by atoms with van der Waals surface area (Å²) in [6.07, 6.45) is 28.9. The Morgan fingerprint density at radius 3 is 1.00 bits per heavy atom. The lowest BCUT2D eigenvalue weighted by Crippen LogP contribution is -2.05. The molecule has 2 heteroatoms. The Morgan fingerprint density at radius 2 is 0.646 bits per heavy atom. The van der Waals surface area contributed by atoms with Gasteiger partial charge >= 0.3 is 0 Å². The van der Waals surface area contributed by atoms with Crippen LogP contribution in [0.2, 0.25) is 0 Å². The molecule has 0 fully saturated rings. The van der Waals surface area contributed by atoms with E-state index in [1.165, 1.54) is 147 Å². The molecule has 1 heterocycles. The van der Waals surface area contributed by atoms with Gasteiger partial charge in [-0.1, -0.05) is 131 Å². The lowest BCUT2D eigenvalue weighted by molar-refractivity contribution is -0.345. The lowest BCUT2D eigenvalue weighted by Gasteiger charge is -2.15. The van der Waals surface area contributed by atoms with E-state index in [1.54, 1.807) is 4.70 Å². The van der Waals surface area contributed by atoms with Gasteiger partial charge in [0.15, 0.2) is 0 Å². The summed E-state index contributed by atoms with van der Waals surface area (Å²) in [5, 5.41) is 0. The molecule has 0 bridgehead atoms. The molecule has 0 saturated heterocycles. The van der Waals surface area contributed by atoms with E-state index in [-0.39, 0.29) is 0 Å². The number of unbranched alkanes of at least 4 members (excludes halogenated alkanes) is 12. The first-order chi connectivity index (χ1) is 23.5. The van der Waals surface area contributed by atoms with Crippen LogP contribution in [-0.4, -0.2) is 4.70 Å². The Bertz CT molecular complexity index is 1250. The number of benzene rings is 2. The second-order valence-electron chi connectivity index (χ2n) is 14.8. The molecule has 2 aromatic rings. The largest absolute Gasteiger partial charge is 0.493 e. The second-order valence-corrected chi connectivity index (χ2v) is 14.8. The van der Waals surface area contributed by atoms with Gasteiger partial charge < -0.3 is 5.53 Å². The summed E-state index contributed by atoms with van der Waals surface area (Å²) in [6, 6.07) is 14.6. The van der Waals surface area contributed by atoms with Crippen LogP contribution in [0.5, 0.6) is 0 Å². The normalized spacial score (nSPS) is 13.4. The third-order valence-electron chi connectivity index (χ3n) is 10.3. The SMILES string of the molecule is CCCCCCC1=C(c2cc(CCCCCC)cc(CCCCCC)c2)[N+](=[N-])C(c2cc(CCCC)cc(CCCC)c2)=C1CCCC. The standard InChI is InChI=1S/C46H72N2/c1-7-13-19-22-27-39-32-40(28-23-20-14-8-2)36-42(35-39)46-44(30-24-21-15-9-3)43(29-18-12-6)45(48(46)47)41-33-37(25-16-10-4)31-38(34-41)26-17-11-5/h31-36H,7-30H2,1-6H3.